The first-order valence-electron chi connectivity index (χ1n) is 7.18. The van der Waals surface area contributed by atoms with Crippen molar-refractivity contribution in [3.8, 4) is 0 Å². The van der Waals surface area contributed by atoms with Crippen molar-refractivity contribution < 1.29 is 0 Å². The van der Waals surface area contributed by atoms with Crippen LogP contribution < -0.4 is 0 Å². The first-order valence-corrected chi connectivity index (χ1v) is 7.18. The van der Waals surface area contributed by atoms with Gasteiger partial charge in [0.15, 0.2) is 0 Å². The Kier molecular flexibility index (Phi) is 5.71. The Bertz CT molecular complexity index is 151. The summed E-state index contributed by atoms with van der Waals surface area (Å²) < 4.78 is 0. The van der Waals surface area contributed by atoms with E-state index in [1.54, 1.807) is 0 Å². The number of hydrogen-bond acceptors (Lipinski definition) is 0. The fourth-order valence-electron chi connectivity index (χ4n) is 3.07. The lowest BCUT2D eigenvalue weighted by Crippen LogP contribution is -2.24. The van der Waals surface area contributed by atoms with E-state index in [0.29, 0.717) is 0 Å². The topological polar surface area (TPSA) is 0 Å². The molecule has 0 heteroatoms. The Morgan fingerprint density at radius 1 is 1.00 bits per heavy atom. The van der Waals surface area contributed by atoms with Crippen LogP contribution in [0.4, 0.5) is 0 Å². The summed E-state index contributed by atoms with van der Waals surface area (Å²) in [4.78, 5) is 0. The van der Waals surface area contributed by atoms with Crippen molar-refractivity contribution in [3.63, 3.8) is 0 Å². The Labute approximate surface area is 96.8 Å². The molecule has 15 heavy (non-hydrogen) atoms. The van der Waals surface area contributed by atoms with Crippen LogP contribution in [-0.4, -0.2) is 0 Å². The van der Waals surface area contributed by atoms with E-state index in [2.05, 4.69) is 20.8 Å². The highest BCUT2D eigenvalue weighted by Gasteiger charge is 2.30. The summed E-state index contributed by atoms with van der Waals surface area (Å²) in [6.07, 6.45) is 14.9. The van der Waals surface area contributed by atoms with E-state index in [9.17, 15) is 0 Å². The monoisotopic (exact) mass is 210 g/mol. The third-order valence-electron chi connectivity index (χ3n) is 4.23. The van der Waals surface area contributed by atoms with Crippen molar-refractivity contribution >= 4 is 0 Å². The van der Waals surface area contributed by atoms with E-state index >= 15 is 0 Å². The first-order chi connectivity index (χ1) is 7.18. The minimum atomic E-state index is 0.762. The fourth-order valence-corrected chi connectivity index (χ4v) is 3.07. The zero-order valence-corrected chi connectivity index (χ0v) is 11.1. The molecule has 0 radical (unpaired) electrons. The van der Waals surface area contributed by atoms with Crippen LogP contribution in [0.2, 0.25) is 0 Å². The van der Waals surface area contributed by atoms with Crippen molar-refractivity contribution in [2.24, 2.45) is 11.3 Å². The maximum Gasteiger partial charge on any atom is -0.0297 e. The van der Waals surface area contributed by atoms with Gasteiger partial charge >= 0.3 is 0 Å². The zero-order valence-electron chi connectivity index (χ0n) is 11.1. The third kappa shape index (κ3) is 4.57. The van der Waals surface area contributed by atoms with Gasteiger partial charge in [-0.2, -0.15) is 0 Å². The second-order valence-electron chi connectivity index (χ2n) is 6.10. The molecule has 0 N–H and O–H groups in total. The second kappa shape index (κ2) is 6.55. The van der Waals surface area contributed by atoms with Crippen molar-refractivity contribution in [2.45, 2.75) is 85.0 Å². The van der Waals surface area contributed by atoms with Crippen LogP contribution in [0.5, 0.6) is 0 Å². The molecule has 0 atom stereocenters. The van der Waals surface area contributed by atoms with E-state index in [4.69, 9.17) is 0 Å². The summed E-state index contributed by atoms with van der Waals surface area (Å²) in [5.74, 6) is 0.894. The molecule has 1 fully saturated rings. The average Bonchev–Trinajstić information content (AvgIpc) is 2.25. The maximum atomic E-state index is 2.37. The molecule has 0 aromatic heterocycles. The molecule has 90 valence electrons. The summed E-state index contributed by atoms with van der Waals surface area (Å²) in [5, 5.41) is 0. The highest BCUT2D eigenvalue weighted by Crippen LogP contribution is 2.44. The molecule has 0 nitrogen and oxygen atoms in total. The highest BCUT2D eigenvalue weighted by molar-refractivity contribution is 4.83. The van der Waals surface area contributed by atoms with Gasteiger partial charge in [-0.15, -0.1) is 0 Å². The molecule has 0 bridgehead atoms. The van der Waals surface area contributed by atoms with Crippen LogP contribution in [-0.2, 0) is 0 Å². The van der Waals surface area contributed by atoms with Gasteiger partial charge in [-0.05, 0) is 37.0 Å². The van der Waals surface area contributed by atoms with Gasteiger partial charge in [0.1, 0.15) is 0 Å². The van der Waals surface area contributed by atoms with Crippen molar-refractivity contribution in [1.29, 1.82) is 0 Å². The first kappa shape index (κ1) is 13.1. The van der Waals surface area contributed by atoms with Crippen LogP contribution >= 0.6 is 0 Å². The van der Waals surface area contributed by atoms with Gasteiger partial charge in [0.2, 0.25) is 0 Å². The third-order valence-corrected chi connectivity index (χ3v) is 4.23. The quantitative estimate of drug-likeness (QED) is 0.538. The van der Waals surface area contributed by atoms with E-state index < -0.39 is 0 Å². The van der Waals surface area contributed by atoms with Gasteiger partial charge in [0.05, 0.1) is 0 Å². The Morgan fingerprint density at radius 2 is 1.67 bits per heavy atom. The van der Waals surface area contributed by atoms with Gasteiger partial charge in [0, 0.05) is 0 Å². The van der Waals surface area contributed by atoms with Crippen molar-refractivity contribution in [3.05, 3.63) is 0 Å². The second-order valence-corrected chi connectivity index (χ2v) is 6.10. The minimum Gasteiger partial charge on any atom is -0.0654 e. The Morgan fingerprint density at radius 3 is 2.20 bits per heavy atom. The minimum absolute atomic E-state index is 0.762. The van der Waals surface area contributed by atoms with Gasteiger partial charge in [-0.25, -0.2) is 0 Å². The normalized spacial score (nSPS) is 20.8. The molecule has 1 aliphatic carbocycles. The van der Waals surface area contributed by atoms with Crippen LogP contribution in [0, 0.1) is 11.3 Å². The smallest absolute Gasteiger partial charge is 0.0297 e. The zero-order chi connectivity index (χ0) is 11.1. The fraction of sp³-hybridized carbons (Fsp3) is 1.00. The summed E-state index contributed by atoms with van der Waals surface area (Å²) in [5.41, 5.74) is 0.762. The number of hydrogen-bond donors (Lipinski definition) is 0. The summed E-state index contributed by atoms with van der Waals surface area (Å²) in [6, 6.07) is 0. The van der Waals surface area contributed by atoms with Gasteiger partial charge in [0.25, 0.3) is 0 Å². The summed E-state index contributed by atoms with van der Waals surface area (Å²) in [7, 11) is 0. The summed E-state index contributed by atoms with van der Waals surface area (Å²) in [6.45, 7) is 7.08. The molecule has 0 aliphatic heterocycles. The average molecular weight is 210 g/mol. The highest BCUT2D eigenvalue weighted by atomic mass is 14.4. The molecule has 0 aromatic carbocycles. The lowest BCUT2D eigenvalue weighted by atomic mass is 9.67. The van der Waals surface area contributed by atoms with E-state index in [-0.39, 0.29) is 0 Å². The molecule has 1 rings (SSSR count). The van der Waals surface area contributed by atoms with Crippen molar-refractivity contribution in [2.75, 3.05) is 0 Å². The predicted octanol–water partition coefficient (Wildman–Crippen LogP) is 5.56. The van der Waals surface area contributed by atoms with E-state index in [1.165, 1.54) is 64.2 Å². The molecular formula is C15H30. The Balaban J connectivity index is 2.42. The standard InChI is InChI=1S/C15H30/c1-4-5-10-15(13-9-14(2)3)11-7-6-8-12-15/h14H,4-13H2,1-3H3. The number of rotatable bonds is 6. The predicted molar refractivity (Wildman–Crippen MR) is 69.1 cm³/mol. The molecule has 0 unspecified atom stereocenters. The lowest BCUT2D eigenvalue weighted by Gasteiger charge is -2.38. The Hall–Kier alpha value is 0. The molecular weight excluding hydrogens is 180 g/mol. The molecule has 0 amide bonds. The SMILES string of the molecule is CCCCC1(CCC(C)C)CCCCC1. The summed E-state index contributed by atoms with van der Waals surface area (Å²) >= 11 is 0. The van der Waals surface area contributed by atoms with Gasteiger partial charge in [-0.3, -0.25) is 0 Å². The van der Waals surface area contributed by atoms with Crippen LogP contribution in [0.15, 0.2) is 0 Å². The molecule has 1 aliphatic rings. The largest absolute Gasteiger partial charge is 0.0654 e. The molecule has 0 heterocycles. The molecule has 0 aromatic rings. The number of unbranched alkanes of at least 4 members (excludes halogenated alkanes) is 1. The molecule has 0 saturated heterocycles. The maximum absolute atomic E-state index is 2.37. The lowest BCUT2D eigenvalue weighted by molar-refractivity contribution is 0.143. The van der Waals surface area contributed by atoms with E-state index in [0.717, 1.165) is 11.3 Å². The van der Waals surface area contributed by atoms with Crippen LogP contribution in [0.25, 0.3) is 0 Å². The molecule has 1 saturated carbocycles. The van der Waals surface area contributed by atoms with Gasteiger partial charge < -0.3 is 0 Å². The van der Waals surface area contributed by atoms with E-state index in [1.807, 2.05) is 0 Å². The van der Waals surface area contributed by atoms with Gasteiger partial charge in [-0.1, -0.05) is 59.3 Å². The van der Waals surface area contributed by atoms with Crippen LogP contribution in [0.3, 0.4) is 0 Å². The van der Waals surface area contributed by atoms with Crippen molar-refractivity contribution in [1.82, 2.24) is 0 Å². The van der Waals surface area contributed by atoms with Crippen LogP contribution in [0.1, 0.15) is 85.0 Å². The molecule has 0 spiro atoms.